The molecule has 0 aliphatic carbocycles. The van der Waals surface area contributed by atoms with E-state index < -0.39 is 21.4 Å². The highest BCUT2D eigenvalue weighted by Gasteiger charge is 2.13. The zero-order valence-electron chi connectivity index (χ0n) is 7.01. The van der Waals surface area contributed by atoms with E-state index >= 15 is 0 Å². The average Bonchev–Trinajstić information content (AvgIpc) is 2.09. The van der Waals surface area contributed by atoms with E-state index in [-0.39, 0.29) is 10.6 Å². The minimum atomic E-state index is -3.17. The van der Waals surface area contributed by atoms with Gasteiger partial charge in [0, 0.05) is 5.75 Å². The second kappa shape index (κ2) is 3.41. The lowest BCUT2D eigenvalue weighted by Gasteiger charge is -2.05. The number of halogens is 2. The van der Waals surface area contributed by atoms with Crippen LogP contribution in [-0.2, 0) is 9.73 Å². The smallest absolute Gasteiger partial charge is 0.140 e. The van der Waals surface area contributed by atoms with Crippen LogP contribution >= 0.6 is 0 Å². The van der Waals surface area contributed by atoms with Crippen molar-refractivity contribution in [3.8, 4) is 0 Å². The van der Waals surface area contributed by atoms with Crippen molar-refractivity contribution in [2.75, 3.05) is 5.75 Å². The standard InChI is InChI=1S/C8H9F2NOS/c1-2-13(11,12)8-5-6(9)3-4-7(8)10/h3-5,11H,2H2,1H3/t13-/m1/s1. The molecule has 5 heteroatoms. The SMILES string of the molecule is CC[S@@](=N)(=O)c1cc(F)ccc1F. The quantitative estimate of drug-likeness (QED) is 0.791. The zero-order chi connectivity index (χ0) is 10.1. The van der Waals surface area contributed by atoms with Gasteiger partial charge in [0.25, 0.3) is 0 Å². The molecule has 1 rings (SSSR count). The van der Waals surface area contributed by atoms with Crippen LogP contribution in [0, 0.1) is 16.4 Å². The third-order valence-corrected chi connectivity index (χ3v) is 3.49. The number of hydrogen-bond donors (Lipinski definition) is 1. The summed E-state index contributed by atoms with van der Waals surface area (Å²) in [7, 11) is -3.17. The Hall–Kier alpha value is -0.970. The topological polar surface area (TPSA) is 40.9 Å². The Balaban J connectivity index is 3.38. The number of hydrogen-bond acceptors (Lipinski definition) is 2. The third-order valence-electron chi connectivity index (χ3n) is 1.66. The first-order valence-corrected chi connectivity index (χ1v) is 5.41. The fourth-order valence-corrected chi connectivity index (χ4v) is 1.88. The first kappa shape index (κ1) is 10.1. The van der Waals surface area contributed by atoms with Gasteiger partial charge in [-0.05, 0) is 18.2 Å². The minimum Gasteiger partial charge on any atom is -0.249 e. The lowest BCUT2D eigenvalue weighted by Crippen LogP contribution is -2.04. The molecule has 1 atom stereocenters. The van der Waals surface area contributed by atoms with Gasteiger partial charge in [0.1, 0.15) is 11.6 Å². The van der Waals surface area contributed by atoms with E-state index in [1.807, 2.05) is 0 Å². The molecule has 13 heavy (non-hydrogen) atoms. The van der Waals surface area contributed by atoms with Crippen molar-refractivity contribution in [1.29, 1.82) is 4.78 Å². The summed E-state index contributed by atoms with van der Waals surface area (Å²) >= 11 is 0. The van der Waals surface area contributed by atoms with E-state index in [4.69, 9.17) is 4.78 Å². The van der Waals surface area contributed by atoms with Gasteiger partial charge in [0.05, 0.1) is 14.6 Å². The Labute approximate surface area is 75.6 Å². The molecule has 1 aromatic rings. The fourth-order valence-electron chi connectivity index (χ4n) is 0.885. The van der Waals surface area contributed by atoms with Crippen LogP contribution < -0.4 is 0 Å². The summed E-state index contributed by atoms with van der Waals surface area (Å²) in [6, 6.07) is 2.63. The summed E-state index contributed by atoms with van der Waals surface area (Å²) in [5.41, 5.74) is 0. The lowest BCUT2D eigenvalue weighted by atomic mass is 10.3. The minimum absolute atomic E-state index is 0.0205. The molecule has 0 saturated heterocycles. The fraction of sp³-hybridized carbons (Fsp3) is 0.250. The van der Waals surface area contributed by atoms with E-state index in [0.29, 0.717) is 0 Å². The Morgan fingerprint density at radius 3 is 2.62 bits per heavy atom. The molecule has 0 spiro atoms. The summed E-state index contributed by atoms with van der Waals surface area (Å²) in [5, 5.41) is 0. The molecule has 0 aliphatic heterocycles. The lowest BCUT2D eigenvalue weighted by molar-refractivity contribution is 0.570. The molecule has 2 nitrogen and oxygen atoms in total. The van der Waals surface area contributed by atoms with Crippen molar-refractivity contribution < 1.29 is 13.0 Å². The molecule has 0 bridgehead atoms. The molecule has 0 aromatic heterocycles. The highest BCUT2D eigenvalue weighted by molar-refractivity contribution is 7.92. The monoisotopic (exact) mass is 205 g/mol. The summed E-state index contributed by atoms with van der Waals surface area (Å²) in [5.74, 6) is -1.49. The number of benzene rings is 1. The molecular weight excluding hydrogens is 196 g/mol. The van der Waals surface area contributed by atoms with Crippen LogP contribution in [-0.4, -0.2) is 9.96 Å². The van der Waals surface area contributed by atoms with Crippen molar-refractivity contribution in [1.82, 2.24) is 0 Å². The van der Waals surface area contributed by atoms with E-state index in [1.54, 1.807) is 0 Å². The van der Waals surface area contributed by atoms with Gasteiger partial charge in [-0.15, -0.1) is 0 Å². The van der Waals surface area contributed by atoms with Crippen LogP contribution in [0.5, 0.6) is 0 Å². The molecule has 0 aliphatic rings. The van der Waals surface area contributed by atoms with Gasteiger partial charge in [-0.3, -0.25) is 0 Å². The molecule has 1 N–H and O–H groups in total. The van der Waals surface area contributed by atoms with Crippen LogP contribution in [0.1, 0.15) is 6.92 Å². The van der Waals surface area contributed by atoms with Crippen molar-refractivity contribution >= 4 is 9.73 Å². The van der Waals surface area contributed by atoms with Gasteiger partial charge in [-0.2, -0.15) is 0 Å². The maximum absolute atomic E-state index is 13.0. The number of nitrogens with one attached hydrogen (secondary N) is 1. The van der Waals surface area contributed by atoms with E-state index in [1.165, 1.54) is 6.92 Å². The van der Waals surface area contributed by atoms with Gasteiger partial charge in [-0.1, -0.05) is 6.92 Å². The zero-order valence-corrected chi connectivity index (χ0v) is 7.83. The van der Waals surface area contributed by atoms with Gasteiger partial charge in [0.2, 0.25) is 0 Å². The molecule has 0 amide bonds. The first-order valence-electron chi connectivity index (χ1n) is 3.69. The first-order chi connectivity index (χ1) is 5.97. The van der Waals surface area contributed by atoms with Gasteiger partial charge in [0.15, 0.2) is 0 Å². The van der Waals surface area contributed by atoms with Crippen LogP contribution in [0.25, 0.3) is 0 Å². The van der Waals surface area contributed by atoms with Crippen LogP contribution in [0.3, 0.4) is 0 Å². The Kier molecular flexibility index (Phi) is 2.66. The maximum Gasteiger partial charge on any atom is 0.140 e. The summed E-state index contributed by atoms with van der Waals surface area (Å²) in [6.45, 7) is 1.50. The van der Waals surface area contributed by atoms with E-state index in [9.17, 15) is 13.0 Å². The van der Waals surface area contributed by atoms with Crippen molar-refractivity contribution in [3.63, 3.8) is 0 Å². The normalized spacial score (nSPS) is 15.3. The largest absolute Gasteiger partial charge is 0.249 e. The molecule has 0 saturated carbocycles. The van der Waals surface area contributed by atoms with E-state index in [2.05, 4.69) is 0 Å². The maximum atomic E-state index is 13.0. The molecule has 72 valence electrons. The van der Waals surface area contributed by atoms with Gasteiger partial charge >= 0.3 is 0 Å². The van der Waals surface area contributed by atoms with Crippen LogP contribution in [0.15, 0.2) is 23.1 Å². The number of rotatable bonds is 2. The third kappa shape index (κ3) is 2.03. The van der Waals surface area contributed by atoms with Crippen molar-refractivity contribution in [2.45, 2.75) is 11.8 Å². The summed E-state index contributed by atoms with van der Waals surface area (Å²) in [4.78, 5) is -0.352. The highest BCUT2D eigenvalue weighted by Crippen LogP contribution is 2.17. The van der Waals surface area contributed by atoms with Gasteiger partial charge < -0.3 is 0 Å². The second-order valence-electron chi connectivity index (χ2n) is 2.54. The molecule has 0 fully saturated rings. The van der Waals surface area contributed by atoms with Crippen LogP contribution in [0.4, 0.5) is 8.78 Å². The van der Waals surface area contributed by atoms with E-state index in [0.717, 1.165) is 18.2 Å². The van der Waals surface area contributed by atoms with Gasteiger partial charge in [-0.25, -0.2) is 17.8 Å². The summed E-state index contributed by atoms with van der Waals surface area (Å²) < 4.78 is 44.3. The molecule has 1 aromatic carbocycles. The summed E-state index contributed by atoms with van der Waals surface area (Å²) in [6.07, 6.45) is 0. The molecule has 0 unspecified atom stereocenters. The Morgan fingerprint density at radius 1 is 1.46 bits per heavy atom. The van der Waals surface area contributed by atoms with Crippen molar-refractivity contribution in [2.24, 2.45) is 0 Å². The highest BCUT2D eigenvalue weighted by atomic mass is 32.2. The van der Waals surface area contributed by atoms with Crippen molar-refractivity contribution in [3.05, 3.63) is 29.8 Å². The molecule has 0 heterocycles. The Morgan fingerprint density at radius 2 is 2.08 bits per heavy atom. The predicted molar refractivity (Wildman–Crippen MR) is 46.0 cm³/mol. The van der Waals surface area contributed by atoms with Crippen LogP contribution in [0.2, 0.25) is 0 Å². The average molecular weight is 205 g/mol. The second-order valence-corrected chi connectivity index (χ2v) is 4.91. The molecular formula is C8H9F2NOS. The predicted octanol–water partition coefficient (Wildman–Crippen LogP) is 2.39. The Bertz CT molecular complexity index is 414. The molecule has 0 radical (unpaired) electrons.